The Kier molecular flexibility index (Phi) is 6.55. The van der Waals surface area contributed by atoms with Gasteiger partial charge in [0.15, 0.2) is 0 Å². The van der Waals surface area contributed by atoms with Gasteiger partial charge in [-0.1, -0.05) is 22.0 Å². The highest BCUT2D eigenvalue weighted by Gasteiger charge is 2.17. The Morgan fingerprint density at radius 2 is 1.88 bits per heavy atom. The van der Waals surface area contributed by atoms with E-state index in [9.17, 15) is 17.6 Å². The SMILES string of the molecule is CS(=O)(=O)N(CCCC(=O)Nc1cccc(Br)c1)c1ccc(F)cc1. The first-order chi connectivity index (χ1) is 11.8. The summed E-state index contributed by atoms with van der Waals surface area (Å²) in [6.45, 7) is 0.135. The Bertz CT molecular complexity index is 841. The molecule has 0 aliphatic rings. The lowest BCUT2D eigenvalue weighted by Crippen LogP contribution is -2.31. The van der Waals surface area contributed by atoms with Crippen molar-refractivity contribution in [1.82, 2.24) is 0 Å². The van der Waals surface area contributed by atoms with Gasteiger partial charge in [0.05, 0.1) is 11.9 Å². The van der Waals surface area contributed by atoms with Gasteiger partial charge in [0.2, 0.25) is 15.9 Å². The van der Waals surface area contributed by atoms with Crippen LogP contribution in [0.1, 0.15) is 12.8 Å². The van der Waals surface area contributed by atoms with E-state index in [-0.39, 0.29) is 18.9 Å². The standard InChI is InChI=1S/C17H18BrFN2O3S/c1-25(23,24)21(16-9-7-14(19)8-10-16)11-3-6-17(22)20-15-5-2-4-13(18)12-15/h2,4-5,7-10,12H,3,6,11H2,1H3,(H,20,22). The third kappa shape index (κ3) is 6.13. The van der Waals surface area contributed by atoms with Crippen molar-refractivity contribution in [1.29, 1.82) is 0 Å². The van der Waals surface area contributed by atoms with Gasteiger partial charge >= 0.3 is 0 Å². The van der Waals surface area contributed by atoms with Gasteiger partial charge in [0.1, 0.15) is 5.82 Å². The van der Waals surface area contributed by atoms with Crippen LogP contribution in [-0.2, 0) is 14.8 Å². The molecular formula is C17H18BrFN2O3S. The van der Waals surface area contributed by atoms with Gasteiger partial charge < -0.3 is 5.32 Å². The maximum absolute atomic E-state index is 13.0. The number of carbonyl (C=O) groups is 1. The van der Waals surface area contributed by atoms with Crippen molar-refractivity contribution in [3.8, 4) is 0 Å². The molecule has 0 saturated carbocycles. The summed E-state index contributed by atoms with van der Waals surface area (Å²) < 4.78 is 38.9. The van der Waals surface area contributed by atoms with Crippen molar-refractivity contribution >= 4 is 43.2 Å². The minimum absolute atomic E-state index is 0.135. The second-order valence-electron chi connectivity index (χ2n) is 5.47. The number of rotatable bonds is 7. The Balaban J connectivity index is 1.95. The summed E-state index contributed by atoms with van der Waals surface area (Å²) in [5.74, 6) is -0.642. The number of nitrogens with one attached hydrogen (secondary N) is 1. The van der Waals surface area contributed by atoms with E-state index in [1.54, 1.807) is 18.2 Å². The van der Waals surface area contributed by atoms with Crippen molar-refractivity contribution in [3.63, 3.8) is 0 Å². The summed E-state index contributed by atoms with van der Waals surface area (Å²) in [6.07, 6.45) is 1.59. The molecule has 5 nitrogen and oxygen atoms in total. The largest absolute Gasteiger partial charge is 0.326 e. The highest BCUT2D eigenvalue weighted by atomic mass is 79.9. The molecule has 0 spiro atoms. The van der Waals surface area contributed by atoms with Crippen molar-refractivity contribution < 1.29 is 17.6 Å². The quantitative estimate of drug-likeness (QED) is 0.729. The molecule has 1 amide bonds. The molecule has 0 aliphatic carbocycles. The number of nitrogens with zero attached hydrogens (tertiary/aromatic N) is 1. The number of halogens is 2. The summed E-state index contributed by atoms with van der Waals surface area (Å²) >= 11 is 3.33. The molecule has 25 heavy (non-hydrogen) atoms. The van der Waals surface area contributed by atoms with Gasteiger partial charge in [0.25, 0.3) is 0 Å². The molecule has 0 aliphatic heterocycles. The number of sulfonamides is 1. The van der Waals surface area contributed by atoms with Crippen molar-refractivity contribution in [2.24, 2.45) is 0 Å². The normalized spacial score (nSPS) is 11.2. The molecule has 0 bridgehead atoms. The molecule has 0 fully saturated rings. The molecule has 0 saturated heterocycles. The van der Waals surface area contributed by atoms with Gasteiger partial charge in [-0.25, -0.2) is 12.8 Å². The summed E-state index contributed by atoms with van der Waals surface area (Å²) in [6, 6.07) is 12.4. The van der Waals surface area contributed by atoms with Crippen molar-refractivity contribution in [2.75, 3.05) is 22.4 Å². The number of hydrogen-bond acceptors (Lipinski definition) is 3. The Morgan fingerprint density at radius 3 is 2.48 bits per heavy atom. The van der Waals surface area contributed by atoms with Crippen LogP contribution in [0.15, 0.2) is 53.0 Å². The molecule has 2 aromatic carbocycles. The van der Waals surface area contributed by atoms with Gasteiger partial charge in [-0.05, 0) is 48.9 Å². The molecule has 134 valence electrons. The summed E-state index contributed by atoms with van der Waals surface area (Å²) in [5.41, 5.74) is 1.04. The summed E-state index contributed by atoms with van der Waals surface area (Å²) in [4.78, 5) is 12.0. The zero-order valence-corrected chi connectivity index (χ0v) is 16.0. The van der Waals surface area contributed by atoms with E-state index >= 15 is 0 Å². The summed E-state index contributed by atoms with van der Waals surface area (Å²) in [5, 5.41) is 2.76. The maximum atomic E-state index is 13.0. The predicted molar refractivity (Wildman–Crippen MR) is 101 cm³/mol. The Hall–Kier alpha value is -1.93. The molecule has 0 atom stereocenters. The maximum Gasteiger partial charge on any atom is 0.232 e. The minimum atomic E-state index is -3.52. The van der Waals surface area contributed by atoms with E-state index in [0.29, 0.717) is 17.8 Å². The van der Waals surface area contributed by atoms with Crippen LogP contribution >= 0.6 is 15.9 Å². The lowest BCUT2D eigenvalue weighted by atomic mass is 10.2. The van der Waals surface area contributed by atoms with Crippen LogP contribution in [0.3, 0.4) is 0 Å². The number of anilines is 2. The molecule has 2 aromatic rings. The van der Waals surface area contributed by atoms with Crippen molar-refractivity contribution in [3.05, 3.63) is 58.8 Å². The van der Waals surface area contributed by atoms with Crippen molar-refractivity contribution in [2.45, 2.75) is 12.8 Å². The van der Waals surface area contributed by atoms with Gasteiger partial charge in [-0.2, -0.15) is 0 Å². The second-order valence-corrected chi connectivity index (χ2v) is 8.30. The lowest BCUT2D eigenvalue weighted by molar-refractivity contribution is -0.116. The fourth-order valence-corrected chi connectivity index (χ4v) is 3.63. The number of benzene rings is 2. The van der Waals surface area contributed by atoms with Crippen LogP contribution in [0.2, 0.25) is 0 Å². The van der Waals surface area contributed by atoms with E-state index < -0.39 is 15.8 Å². The van der Waals surface area contributed by atoms with E-state index in [2.05, 4.69) is 21.2 Å². The molecule has 1 N–H and O–H groups in total. The molecule has 8 heteroatoms. The topological polar surface area (TPSA) is 66.5 Å². The average Bonchev–Trinajstić information content (AvgIpc) is 2.51. The third-order valence-electron chi connectivity index (χ3n) is 3.39. The summed E-state index contributed by atoms with van der Waals surface area (Å²) in [7, 11) is -3.52. The molecule has 2 rings (SSSR count). The first-order valence-corrected chi connectivity index (χ1v) is 10.2. The van der Waals surface area contributed by atoms with Crippen LogP contribution in [-0.4, -0.2) is 27.1 Å². The van der Waals surface area contributed by atoms with Crippen LogP contribution in [0.4, 0.5) is 15.8 Å². The Morgan fingerprint density at radius 1 is 1.20 bits per heavy atom. The van der Waals surface area contributed by atoms with E-state index in [4.69, 9.17) is 0 Å². The first-order valence-electron chi connectivity index (χ1n) is 7.54. The van der Waals surface area contributed by atoms with E-state index in [0.717, 1.165) is 10.7 Å². The van der Waals surface area contributed by atoms with Gasteiger partial charge in [-0.15, -0.1) is 0 Å². The molecule has 0 aromatic heterocycles. The van der Waals surface area contributed by atoms with E-state index in [1.165, 1.54) is 28.6 Å². The van der Waals surface area contributed by atoms with Crippen LogP contribution in [0.5, 0.6) is 0 Å². The number of amides is 1. The first kappa shape index (κ1) is 19.4. The molecular weight excluding hydrogens is 411 g/mol. The fourth-order valence-electron chi connectivity index (χ4n) is 2.27. The smallest absolute Gasteiger partial charge is 0.232 e. The highest BCUT2D eigenvalue weighted by Crippen LogP contribution is 2.19. The van der Waals surface area contributed by atoms with Gasteiger partial charge in [0, 0.05) is 23.1 Å². The average molecular weight is 429 g/mol. The monoisotopic (exact) mass is 428 g/mol. The Labute approximate surface area is 155 Å². The second kappa shape index (κ2) is 8.44. The number of carbonyl (C=O) groups excluding carboxylic acids is 1. The predicted octanol–water partition coefficient (Wildman–Crippen LogP) is 3.77. The van der Waals surface area contributed by atoms with Crippen LogP contribution in [0, 0.1) is 5.82 Å². The highest BCUT2D eigenvalue weighted by molar-refractivity contribution is 9.10. The molecule has 0 radical (unpaired) electrons. The third-order valence-corrected chi connectivity index (χ3v) is 5.08. The van der Waals surface area contributed by atoms with Gasteiger partial charge in [-0.3, -0.25) is 9.10 Å². The minimum Gasteiger partial charge on any atom is -0.326 e. The molecule has 0 unspecified atom stereocenters. The van der Waals surface area contributed by atoms with E-state index in [1.807, 2.05) is 6.07 Å². The molecule has 0 heterocycles. The zero-order chi connectivity index (χ0) is 18.4. The van der Waals surface area contributed by atoms with Crippen LogP contribution in [0.25, 0.3) is 0 Å². The zero-order valence-electron chi connectivity index (χ0n) is 13.6. The lowest BCUT2D eigenvalue weighted by Gasteiger charge is -2.22. The number of hydrogen-bond donors (Lipinski definition) is 1. The fraction of sp³-hybridized carbons (Fsp3) is 0.235. The van der Waals surface area contributed by atoms with Crippen LogP contribution < -0.4 is 9.62 Å².